The first-order valence-electron chi connectivity index (χ1n) is 4.82. The summed E-state index contributed by atoms with van der Waals surface area (Å²) in [6.45, 7) is 0.917. The van der Waals surface area contributed by atoms with Crippen molar-refractivity contribution in [1.29, 1.82) is 0 Å². The van der Waals surface area contributed by atoms with E-state index >= 15 is 0 Å². The second-order valence-corrected chi connectivity index (χ2v) is 3.60. The molecule has 1 aliphatic rings. The molecule has 2 atom stereocenters. The van der Waals surface area contributed by atoms with E-state index in [-0.39, 0.29) is 6.10 Å². The summed E-state index contributed by atoms with van der Waals surface area (Å²) in [5, 5.41) is 12.9. The molecule has 0 aliphatic carbocycles. The van der Waals surface area contributed by atoms with E-state index in [0.29, 0.717) is 6.04 Å². The van der Waals surface area contributed by atoms with Gasteiger partial charge < -0.3 is 10.4 Å². The second-order valence-electron chi connectivity index (χ2n) is 3.60. The molecule has 2 rings (SSSR count). The van der Waals surface area contributed by atoms with Crippen molar-refractivity contribution < 1.29 is 5.11 Å². The highest BCUT2D eigenvalue weighted by Gasteiger charge is 2.20. The third kappa shape index (κ3) is 2.08. The van der Waals surface area contributed by atoms with Crippen LogP contribution in [0, 0.1) is 0 Å². The third-order valence-corrected chi connectivity index (χ3v) is 2.58. The molecular formula is C11H15NO. The van der Waals surface area contributed by atoms with Gasteiger partial charge in [0.25, 0.3) is 0 Å². The van der Waals surface area contributed by atoms with E-state index < -0.39 is 0 Å². The van der Waals surface area contributed by atoms with E-state index in [1.807, 2.05) is 18.2 Å². The maximum absolute atomic E-state index is 9.50. The van der Waals surface area contributed by atoms with Crippen molar-refractivity contribution in [3.05, 3.63) is 35.9 Å². The van der Waals surface area contributed by atoms with E-state index in [1.54, 1.807) is 0 Å². The largest absolute Gasteiger partial charge is 0.393 e. The van der Waals surface area contributed by atoms with Crippen LogP contribution in [0.5, 0.6) is 0 Å². The van der Waals surface area contributed by atoms with Crippen molar-refractivity contribution >= 4 is 0 Å². The zero-order chi connectivity index (χ0) is 9.10. The van der Waals surface area contributed by atoms with Gasteiger partial charge in [-0.25, -0.2) is 0 Å². The number of piperidine rings is 1. The molecule has 1 aliphatic heterocycles. The summed E-state index contributed by atoms with van der Waals surface area (Å²) in [4.78, 5) is 0. The van der Waals surface area contributed by atoms with Crippen molar-refractivity contribution in [3.8, 4) is 0 Å². The Labute approximate surface area is 78.6 Å². The Kier molecular flexibility index (Phi) is 2.62. The first kappa shape index (κ1) is 8.73. The fourth-order valence-electron chi connectivity index (χ4n) is 1.84. The number of benzene rings is 1. The molecule has 13 heavy (non-hydrogen) atoms. The van der Waals surface area contributed by atoms with Crippen molar-refractivity contribution in [2.75, 3.05) is 6.54 Å². The van der Waals surface area contributed by atoms with Crippen LogP contribution in [0.4, 0.5) is 0 Å². The van der Waals surface area contributed by atoms with Crippen LogP contribution in [0.15, 0.2) is 30.3 Å². The molecule has 1 aromatic rings. The Hall–Kier alpha value is -0.860. The predicted octanol–water partition coefficient (Wildman–Crippen LogP) is 1.47. The summed E-state index contributed by atoms with van der Waals surface area (Å²) >= 11 is 0. The number of hydrogen-bond acceptors (Lipinski definition) is 2. The Morgan fingerprint density at radius 3 is 2.69 bits per heavy atom. The van der Waals surface area contributed by atoms with E-state index in [0.717, 1.165) is 19.4 Å². The zero-order valence-corrected chi connectivity index (χ0v) is 7.61. The van der Waals surface area contributed by atoms with Crippen LogP contribution in [0.25, 0.3) is 0 Å². The van der Waals surface area contributed by atoms with Crippen molar-refractivity contribution in [2.45, 2.75) is 25.0 Å². The lowest BCUT2D eigenvalue weighted by Gasteiger charge is -2.27. The molecule has 70 valence electrons. The standard InChI is InChI=1S/C11H15NO/c13-10-6-7-12-11(8-10)9-4-2-1-3-5-9/h1-5,10-13H,6-8H2/t10?,11-/m1/s1. The highest BCUT2D eigenvalue weighted by molar-refractivity contribution is 5.19. The minimum Gasteiger partial charge on any atom is -0.393 e. The van der Waals surface area contributed by atoms with E-state index in [1.165, 1.54) is 5.56 Å². The van der Waals surface area contributed by atoms with E-state index in [9.17, 15) is 5.11 Å². The molecule has 0 bridgehead atoms. The van der Waals surface area contributed by atoms with Crippen LogP contribution in [0.3, 0.4) is 0 Å². The lowest BCUT2D eigenvalue weighted by molar-refractivity contribution is 0.117. The first-order chi connectivity index (χ1) is 6.36. The quantitative estimate of drug-likeness (QED) is 0.681. The van der Waals surface area contributed by atoms with Gasteiger partial charge in [0, 0.05) is 6.04 Å². The summed E-state index contributed by atoms with van der Waals surface area (Å²) in [5.41, 5.74) is 1.28. The Bertz CT molecular complexity index is 260. The van der Waals surface area contributed by atoms with Crippen LogP contribution in [0.2, 0.25) is 0 Å². The molecule has 1 fully saturated rings. The van der Waals surface area contributed by atoms with Gasteiger partial charge in [0.2, 0.25) is 0 Å². The fraction of sp³-hybridized carbons (Fsp3) is 0.455. The molecule has 0 radical (unpaired) electrons. The predicted molar refractivity (Wildman–Crippen MR) is 52.4 cm³/mol. The molecule has 1 heterocycles. The van der Waals surface area contributed by atoms with Gasteiger partial charge in [0.1, 0.15) is 0 Å². The lowest BCUT2D eigenvalue weighted by atomic mass is 9.96. The van der Waals surface area contributed by atoms with Crippen LogP contribution >= 0.6 is 0 Å². The van der Waals surface area contributed by atoms with Gasteiger partial charge in [-0.3, -0.25) is 0 Å². The smallest absolute Gasteiger partial charge is 0.0570 e. The second kappa shape index (κ2) is 3.90. The Morgan fingerprint density at radius 1 is 1.23 bits per heavy atom. The highest BCUT2D eigenvalue weighted by atomic mass is 16.3. The zero-order valence-electron chi connectivity index (χ0n) is 7.61. The van der Waals surface area contributed by atoms with E-state index in [4.69, 9.17) is 0 Å². The molecule has 2 N–H and O–H groups in total. The minimum absolute atomic E-state index is 0.133. The van der Waals surface area contributed by atoms with E-state index in [2.05, 4.69) is 17.4 Å². The first-order valence-corrected chi connectivity index (χ1v) is 4.82. The van der Waals surface area contributed by atoms with Gasteiger partial charge >= 0.3 is 0 Å². The number of aliphatic hydroxyl groups is 1. The molecule has 1 unspecified atom stereocenters. The Morgan fingerprint density at radius 2 is 2.00 bits per heavy atom. The van der Waals surface area contributed by atoms with Crippen LogP contribution in [-0.2, 0) is 0 Å². The molecule has 0 spiro atoms. The number of nitrogens with one attached hydrogen (secondary N) is 1. The monoisotopic (exact) mass is 177 g/mol. The van der Waals surface area contributed by atoms with Gasteiger partial charge in [-0.05, 0) is 24.9 Å². The number of aliphatic hydroxyl groups excluding tert-OH is 1. The van der Waals surface area contributed by atoms with Gasteiger partial charge in [0.15, 0.2) is 0 Å². The molecule has 2 nitrogen and oxygen atoms in total. The maximum atomic E-state index is 9.50. The molecular weight excluding hydrogens is 162 g/mol. The van der Waals surface area contributed by atoms with Crippen molar-refractivity contribution in [1.82, 2.24) is 5.32 Å². The summed E-state index contributed by atoms with van der Waals surface area (Å²) in [6.07, 6.45) is 1.58. The normalized spacial score (nSPS) is 28.7. The summed E-state index contributed by atoms with van der Waals surface area (Å²) in [6, 6.07) is 10.6. The minimum atomic E-state index is -0.133. The van der Waals surface area contributed by atoms with Crippen molar-refractivity contribution in [3.63, 3.8) is 0 Å². The molecule has 1 saturated heterocycles. The van der Waals surface area contributed by atoms with Gasteiger partial charge in [-0.15, -0.1) is 0 Å². The number of hydrogen-bond donors (Lipinski definition) is 2. The summed E-state index contributed by atoms with van der Waals surface area (Å²) in [5.74, 6) is 0. The lowest BCUT2D eigenvalue weighted by Crippen LogP contribution is -2.34. The van der Waals surface area contributed by atoms with Crippen LogP contribution < -0.4 is 5.32 Å². The van der Waals surface area contributed by atoms with Gasteiger partial charge in [-0.1, -0.05) is 30.3 Å². The van der Waals surface area contributed by atoms with Gasteiger partial charge in [0.05, 0.1) is 6.10 Å². The maximum Gasteiger partial charge on any atom is 0.0570 e. The molecule has 0 saturated carbocycles. The van der Waals surface area contributed by atoms with Crippen LogP contribution in [0.1, 0.15) is 24.4 Å². The third-order valence-electron chi connectivity index (χ3n) is 2.58. The summed E-state index contributed by atoms with van der Waals surface area (Å²) < 4.78 is 0. The topological polar surface area (TPSA) is 32.3 Å². The average Bonchev–Trinajstić information content (AvgIpc) is 2.19. The highest BCUT2D eigenvalue weighted by Crippen LogP contribution is 2.22. The van der Waals surface area contributed by atoms with Crippen molar-refractivity contribution in [2.24, 2.45) is 0 Å². The van der Waals surface area contributed by atoms with Crippen LogP contribution in [-0.4, -0.2) is 17.8 Å². The SMILES string of the molecule is OC1CCN[C@@H](c2ccccc2)C1. The summed E-state index contributed by atoms with van der Waals surface area (Å²) in [7, 11) is 0. The Balaban J connectivity index is 2.08. The number of rotatable bonds is 1. The molecule has 0 aromatic heterocycles. The fourth-order valence-corrected chi connectivity index (χ4v) is 1.84. The molecule has 1 aromatic carbocycles. The van der Waals surface area contributed by atoms with Gasteiger partial charge in [-0.2, -0.15) is 0 Å². The molecule has 2 heteroatoms. The average molecular weight is 177 g/mol. The molecule has 0 amide bonds.